The van der Waals surface area contributed by atoms with Crippen molar-refractivity contribution in [3.05, 3.63) is 47.4 Å². The number of rotatable bonds is 7. The van der Waals surface area contributed by atoms with Gasteiger partial charge in [0.1, 0.15) is 5.76 Å². The molecule has 4 heterocycles. The molecule has 0 saturated carbocycles. The molecule has 1 fully saturated rings. The molecule has 1 aliphatic heterocycles. The maximum atomic E-state index is 12.9. The molecule has 1 aliphatic rings. The van der Waals surface area contributed by atoms with Gasteiger partial charge in [0, 0.05) is 50.2 Å². The van der Waals surface area contributed by atoms with Crippen molar-refractivity contribution in [2.75, 3.05) is 26.8 Å². The molecule has 0 radical (unpaired) electrons. The largest absolute Gasteiger partial charge is 0.385 e. The molecule has 0 unspecified atom stereocenters. The van der Waals surface area contributed by atoms with Crippen LogP contribution in [0.1, 0.15) is 42.1 Å². The number of likely N-dealkylation sites (tertiary alicyclic amines) is 1. The predicted molar refractivity (Wildman–Crippen MR) is 111 cm³/mol. The molecule has 0 spiro atoms. The number of hydrogen-bond donors (Lipinski definition) is 0. The molecule has 0 aromatic carbocycles. The first-order valence-corrected chi connectivity index (χ1v) is 10.5. The Balaban J connectivity index is 1.48. The van der Waals surface area contributed by atoms with E-state index in [-0.39, 0.29) is 11.3 Å². The van der Waals surface area contributed by atoms with Crippen molar-refractivity contribution in [1.29, 1.82) is 0 Å². The third-order valence-corrected chi connectivity index (χ3v) is 6.18. The second-order valence-corrected chi connectivity index (χ2v) is 8.05. The third-order valence-electron chi connectivity index (χ3n) is 6.18. The van der Waals surface area contributed by atoms with Gasteiger partial charge in [-0.2, -0.15) is 4.98 Å². The maximum absolute atomic E-state index is 12.9. The zero-order valence-electron chi connectivity index (χ0n) is 18.1. The second-order valence-electron chi connectivity index (χ2n) is 8.05. The van der Waals surface area contributed by atoms with E-state index in [0.29, 0.717) is 43.6 Å². The Morgan fingerprint density at radius 3 is 2.68 bits per heavy atom. The van der Waals surface area contributed by atoms with Gasteiger partial charge in [0.05, 0.1) is 17.7 Å². The highest BCUT2D eigenvalue weighted by Gasteiger charge is 2.41. The van der Waals surface area contributed by atoms with Gasteiger partial charge >= 0.3 is 0 Å². The third kappa shape index (κ3) is 4.36. The minimum absolute atomic E-state index is 0.0823. The van der Waals surface area contributed by atoms with Crippen LogP contribution in [0, 0.1) is 13.8 Å². The fraction of sp³-hybridized carbons (Fsp3) is 0.500. The van der Waals surface area contributed by atoms with E-state index < -0.39 is 0 Å². The summed E-state index contributed by atoms with van der Waals surface area (Å²) in [5.74, 6) is 1.91. The van der Waals surface area contributed by atoms with Gasteiger partial charge in [0.2, 0.25) is 5.91 Å². The summed E-state index contributed by atoms with van der Waals surface area (Å²) in [6.45, 7) is 5.54. The number of methoxy groups -OCH3 is 1. The Morgan fingerprint density at radius 2 is 2.03 bits per heavy atom. The molecule has 31 heavy (non-hydrogen) atoms. The standard InChI is InChI=1S/C22H27N5O4/c1-15-18(16(2)30-25-15)13-19(28)27-10-6-22(7-11-27,8-12-29-3)21-24-20(31-26-21)17-5-4-9-23-14-17/h4-5,9,14H,6-8,10-13H2,1-3H3. The molecular weight excluding hydrogens is 398 g/mol. The summed E-state index contributed by atoms with van der Waals surface area (Å²) in [4.78, 5) is 23.6. The lowest BCUT2D eigenvalue weighted by molar-refractivity contribution is -0.132. The van der Waals surface area contributed by atoms with E-state index in [0.717, 1.165) is 36.1 Å². The van der Waals surface area contributed by atoms with Gasteiger partial charge < -0.3 is 18.7 Å². The van der Waals surface area contributed by atoms with Crippen LogP contribution >= 0.6 is 0 Å². The number of aryl methyl sites for hydroxylation is 2. The lowest BCUT2D eigenvalue weighted by atomic mass is 9.75. The zero-order valence-corrected chi connectivity index (χ0v) is 18.1. The number of aromatic nitrogens is 4. The van der Waals surface area contributed by atoms with E-state index >= 15 is 0 Å². The van der Waals surface area contributed by atoms with Crippen LogP contribution in [-0.4, -0.2) is 57.9 Å². The number of carbonyl (C=O) groups is 1. The number of pyridine rings is 1. The van der Waals surface area contributed by atoms with Crippen LogP contribution in [0.3, 0.4) is 0 Å². The number of carbonyl (C=O) groups excluding carboxylic acids is 1. The van der Waals surface area contributed by atoms with E-state index in [2.05, 4.69) is 20.3 Å². The van der Waals surface area contributed by atoms with Gasteiger partial charge in [-0.15, -0.1) is 0 Å². The summed E-state index contributed by atoms with van der Waals surface area (Å²) < 4.78 is 16.1. The van der Waals surface area contributed by atoms with Crippen LogP contribution < -0.4 is 0 Å². The molecule has 0 N–H and O–H groups in total. The van der Waals surface area contributed by atoms with Gasteiger partial charge in [-0.25, -0.2) is 0 Å². The molecule has 164 valence electrons. The molecule has 1 saturated heterocycles. The van der Waals surface area contributed by atoms with E-state index in [1.54, 1.807) is 19.5 Å². The highest BCUT2D eigenvalue weighted by molar-refractivity contribution is 5.79. The fourth-order valence-electron chi connectivity index (χ4n) is 4.13. The second kappa shape index (κ2) is 8.97. The van der Waals surface area contributed by atoms with Crippen molar-refractivity contribution in [2.45, 2.75) is 44.9 Å². The van der Waals surface area contributed by atoms with Crippen LogP contribution in [-0.2, 0) is 21.4 Å². The average Bonchev–Trinajstić information content (AvgIpc) is 3.42. The van der Waals surface area contributed by atoms with Gasteiger partial charge in [0.25, 0.3) is 5.89 Å². The van der Waals surface area contributed by atoms with Crippen LogP contribution in [0.15, 0.2) is 33.6 Å². The maximum Gasteiger partial charge on any atom is 0.259 e. The molecule has 9 heteroatoms. The summed E-state index contributed by atoms with van der Waals surface area (Å²) in [5, 5.41) is 8.25. The lowest BCUT2D eigenvalue weighted by Crippen LogP contribution is -2.46. The van der Waals surface area contributed by atoms with E-state index in [9.17, 15) is 4.79 Å². The van der Waals surface area contributed by atoms with E-state index in [1.807, 2.05) is 30.9 Å². The summed E-state index contributed by atoms with van der Waals surface area (Å²) in [7, 11) is 1.69. The van der Waals surface area contributed by atoms with Crippen molar-refractivity contribution in [2.24, 2.45) is 0 Å². The van der Waals surface area contributed by atoms with Gasteiger partial charge in [-0.05, 0) is 45.2 Å². The quantitative estimate of drug-likeness (QED) is 0.569. The molecule has 4 rings (SSSR count). The molecule has 9 nitrogen and oxygen atoms in total. The zero-order chi connectivity index (χ0) is 21.8. The molecule has 0 aliphatic carbocycles. The smallest absolute Gasteiger partial charge is 0.259 e. The summed E-state index contributed by atoms with van der Waals surface area (Å²) in [6, 6.07) is 3.73. The summed E-state index contributed by atoms with van der Waals surface area (Å²) in [6.07, 6.45) is 5.97. The summed E-state index contributed by atoms with van der Waals surface area (Å²) >= 11 is 0. The summed E-state index contributed by atoms with van der Waals surface area (Å²) in [5.41, 5.74) is 2.14. The fourth-order valence-corrected chi connectivity index (χ4v) is 4.13. The predicted octanol–water partition coefficient (Wildman–Crippen LogP) is 2.88. The minimum Gasteiger partial charge on any atom is -0.385 e. The number of ether oxygens (including phenoxy) is 1. The SMILES string of the molecule is COCCC1(c2noc(-c3cccnc3)n2)CCN(C(=O)Cc2c(C)noc2C)CC1. The lowest BCUT2D eigenvalue weighted by Gasteiger charge is -2.39. The molecular formula is C22H27N5O4. The molecule has 3 aromatic rings. The Labute approximate surface area is 180 Å². The van der Waals surface area contributed by atoms with Crippen molar-refractivity contribution in [1.82, 2.24) is 25.2 Å². The molecule has 0 atom stereocenters. The Kier molecular flexibility index (Phi) is 6.13. The topological polar surface area (TPSA) is 107 Å². The first kappa shape index (κ1) is 21.2. The van der Waals surface area contributed by atoms with Crippen molar-refractivity contribution in [3.63, 3.8) is 0 Å². The van der Waals surface area contributed by atoms with Crippen molar-refractivity contribution < 1.29 is 18.6 Å². The first-order valence-electron chi connectivity index (χ1n) is 10.5. The highest BCUT2D eigenvalue weighted by atomic mass is 16.5. The van der Waals surface area contributed by atoms with Crippen molar-refractivity contribution in [3.8, 4) is 11.5 Å². The number of amides is 1. The number of hydrogen-bond acceptors (Lipinski definition) is 8. The van der Waals surface area contributed by atoms with Crippen molar-refractivity contribution >= 4 is 5.91 Å². The van der Waals surface area contributed by atoms with Gasteiger partial charge in [0.15, 0.2) is 5.82 Å². The average molecular weight is 425 g/mol. The normalized spacial score (nSPS) is 15.9. The van der Waals surface area contributed by atoms with Gasteiger partial charge in [-0.1, -0.05) is 10.3 Å². The minimum atomic E-state index is -0.292. The number of nitrogens with zero attached hydrogens (tertiary/aromatic N) is 5. The van der Waals surface area contributed by atoms with Crippen LogP contribution in [0.4, 0.5) is 0 Å². The highest BCUT2D eigenvalue weighted by Crippen LogP contribution is 2.38. The first-order chi connectivity index (χ1) is 15.0. The van der Waals surface area contributed by atoms with Crippen LogP contribution in [0.25, 0.3) is 11.5 Å². The van der Waals surface area contributed by atoms with E-state index in [1.165, 1.54) is 0 Å². The monoisotopic (exact) mass is 425 g/mol. The molecule has 0 bridgehead atoms. The van der Waals surface area contributed by atoms with E-state index in [4.69, 9.17) is 13.8 Å². The number of piperidine rings is 1. The van der Waals surface area contributed by atoms with Gasteiger partial charge in [-0.3, -0.25) is 9.78 Å². The van der Waals surface area contributed by atoms with Crippen LogP contribution in [0.2, 0.25) is 0 Å². The Bertz CT molecular complexity index is 1000. The van der Waals surface area contributed by atoms with Crippen LogP contribution in [0.5, 0.6) is 0 Å². The Morgan fingerprint density at radius 1 is 1.23 bits per heavy atom. The molecule has 3 aromatic heterocycles. The Hall–Kier alpha value is -3.07. The molecule has 1 amide bonds.